The molecule has 4 aromatic rings. The van der Waals surface area contributed by atoms with Gasteiger partial charge in [0.25, 0.3) is 5.91 Å². The summed E-state index contributed by atoms with van der Waals surface area (Å²) in [5, 5.41) is 18.3. The molecule has 0 aliphatic heterocycles. The zero-order valence-electron chi connectivity index (χ0n) is 21.6. The number of benzene rings is 2. The van der Waals surface area contributed by atoms with Crippen LogP contribution in [0.2, 0.25) is 0 Å². The van der Waals surface area contributed by atoms with E-state index in [1.165, 1.54) is 7.11 Å². The average Bonchev–Trinajstić information content (AvgIpc) is 3.48. The van der Waals surface area contributed by atoms with Gasteiger partial charge >= 0.3 is 6.18 Å². The van der Waals surface area contributed by atoms with Crippen LogP contribution >= 0.6 is 0 Å². The van der Waals surface area contributed by atoms with E-state index in [4.69, 9.17) is 4.74 Å². The van der Waals surface area contributed by atoms with E-state index in [1.807, 2.05) is 27.8 Å². The monoisotopic (exact) mass is 527 g/mol. The van der Waals surface area contributed by atoms with E-state index in [2.05, 4.69) is 26.0 Å². The molecule has 0 bridgehead atoms. The first-order valence-electron chi connectivity index (χ1n) is 11.9. The zero-order valence-corrected chi connectivity index (χ0v) is 21.6. The number of rotatable bonds is 8. The summed E-state index contributed by atoms with van der Waals surface area (Å²) in [5.74, 6) is -0.436. The summed E-state index contributed by atoms with van der Waals surface area (Å²) in [5.41, 5.74) is 3.35. The van der Waals surface area contributed by atoms with Crippen molar-refractivity contribution in [1.82, 2.24) is 30.1 Å². The van der Waals surface area contributed by atoms with E-state index in [9.17, 15) is 18.0 Å². The van der Waals surface area contributed by atoms with Crippen LogP contribution in [0.4, 0.5) is 18.9 Å². The van der Waals surface area contributed by atoms with Crippen molar-refractivity contribution < 1.29 is 22.7 Å². The molecule has 2 aromatic heterocycles. The minimum absolute atomic E-state index is 0.0718. The highest BCUT2D eigenvalue weighted by Gasteiger charge is 2.33. The first kappa shape index (κ1) is 26.9. The normalized spacial score (nSPS) is 11.6. The number of nitrogens with one attached hydrogen (secondary N) is 2. The largest absolute Gasteiger partial charge is 0.494 e. The standard InChI is InChI=1S/C26H28F3N7O2/c1-6-30-12-18-9-19(26(27,28)29)11-21(24(18)38-5)32-25(37)17-8-7-15(2)23(10-17)36-14-22(33-34-36)20-13-31-35(4)16(20)3/h7-11,13-14,30H,6,12H2,1-5H3,(H,32,37). The Kier molecular flexibility index (Phi) is 7.53. The number of amides is 1. The van der Waals surface area contributed by atoms with Gasteiger partial charge in [0.05, 0.1) is 36.4 Å². The number of nitrogens with zero attached hydrogens (tertiary/aromatic N) is 5. The number of hydrogen-bond donors (Lipinski definition) is 2. The number of alkyl halides is 3. The van der Waals surface area contributed by atoms with Gasteiger partial charge in [-0.1, -0.05) is 18.2 Å². The lowest BCUT2D eigenvalue weighted by Crippen LogP contribution is -2.18. The van der Waals surface area contributed by atoms with E-state index in [0.29, 0.717) is 17.9 Å². The number of anilines is 1. The fourth-order valence-corrected chi connectivity index (χ4v) is 4.02. The second-order valence-corrected chi connectivity index (χ2v) is 8.77. The summed E-state index contributed by atoms with van der Waals surface area (Å²) in [7, 11) is 3.18. The van der Waals surface area contributed by atoms with E-state index in [1.54, 1.807) is 40.0 Å². The molecule has 12 heteroatoms. The van der Waals surface area contributed by atoms with Crippen molar-refractivity contribution in [2.24, 2.45) is 7.05 Å². The summed E-state index contributed by atoms with van der Waals surface area (Å²) in [4.78, 5) is 13.2. The van der Waals surface area contributed by atoms with Gasteiger partial charge in [-0.2, -0.15) is 18.3 Å². The number of hydrogen-bond acceptors (Lipinski definition) is 6. The number of aryl methyl sites for hydroxylation is 2. The molecule has 4 rings (SSSR count). The van der Waals surface area contributed by atoms with Crippen LogP contribution in [-0.2, 0) is 19.8 Å². The molecule has 200 valence electrons. The van der Waals surface area contributed by atoms with Gasteiger partial charge in [-0.3, -0.25) is 9.48 Å². The number of carbonyl (C=O) groups is 1. The Balaban J connectivity index is 1.67. The minimum Gasteiger partial charge on any atom is -0.494 e. The van der Waals surface area contributed by atoms with Crippen molar-refractivity contribution in [2.45, 2.75) is 33.5 Å². The second-order valence-electron chi connectivity index (χ2n) is 8.77. The van der Waals surface area contributed by atoms with Crippen molar-refractivity contribution in [3.05, 3.63) is 70.7 Å². The van der Waals surface area contributed by atoms with Crippen LogP contribution in [0.25, 0.3) is 16.9 Å². The number of ether oxygens (including phenoxy) is 1. The predicted octanol–water partition coefficient (Wildman–Crippen LogP) is 4.67. The van der Waals surface area contributed by atoms with Crippen LogP contribution in [0, 0.1) is 13.8 Å². The maximum Gasteiger partial charge on any atom is 0.416 e. The van der Waals surface area contributed by atoms with Crippen LogP contribution in [0.15, 0.2) is 42.7 Å². The maximum absolute atomic E-state index is 13.6. The molecule has 0 aliphatic rings. The van der Waals surface area contributed by atoms with Gasteiger partial charge in [0.2, 0.25) is 0 Å². The smallest absolute Gasteiger partial charge is 0.416 e. The lowest BCUT2D eigenvalue weighted by molar-refractivity contribution is -0.137. The molecule has 9 nitrogen and oxygen atoms in total. The van der Waals surface area contributed by atoms with Crippen LogP contribution in [-0.4, -0.2) is 44.3 Å². The number of aromatic nitrogens is 5. The number of methoxy groups -OCH3 is 1. The Morgan fingerprint density at radius 3 is 2.55 bits per heavy atom. The Morgan fingerprint density at radius 2 is 1.92 bits per heavy atom. The minimum atomic E-state index is -4.60. The third-order valence-corrected chi connectivity index (χ3v) is 6.23. The van der Waals surface area contributed by atoms with Gasteiger partial charge in [-0.15, -0.1) is 5.10 Å². The van der Waals surface area contributed by atoms with Crippen LogP contribution in [0.3, 0.4) is 0 Å². The molecule has 0 radical (unpaired) electrons. The zero-order chi connectivity index (χ0) is 27.6. The molecule has 0 saturated carbocycles. The molecule has 2 heterocycles. The molecular weight excluding hydrogens is 499 g/mol. The predicted molar refractivity (Wildman–Crippen MR) is 136 cm³/mol. The van der Waals surface area contributed by atoms with Crippen molar-refractivity contribution in [3.63, 3.8) is 0 Å². The fourth-order valence-electron chi connectivity index (χ4n) is 4.02. The summed E-state index contributed by atoms with van der Waals surface area (Å²) < 4.78 is 49.5. The van der Waals surface area contributed by atoms with E-state index in [-0.39, 0.29) is 29.1 Å². The molecule has 0 unspecified atom stereocenters. The number of halogens is 3. The Labute approximate surface area is 217 Å². The Morgan fingerprint density at radius 1 is 1.16 bits per heavy atom. The van der Waals surface area contributed by atoms with Crippen LogP contribution < -0.4 is 15.4 Å². The van der Waals surface area contributed by atoms with Gasteiger partial charge in [0.1, 0.15) is 11.4 Å². The molecular formula is C26H28F3N7O2. The first-order chi connectivity index (χ1) is 18.0. The topological polar surface area (TPSA) is 98.9 Å². The Hall–Kier alpha value is -4.19. The van der Waals surface area contributed by atoms with Gasteiger partial charge in [0, 0.05) is 36.0 Å². The highest BCUT2D eigenvalue weighted by molar-refractivity contribution is 6.05. The van der Waals surface area contributed by atoms with Crippen molar-refractivity contribution in [2.75, 3.05) is 19.0 Å². The molecule has 0 spiro atoms. The van der Waals surface area contributed by atoms with Gasteiger partial charge in [-0.25, -0.2) is 4.68 Å². The third-order valence-electron chi connectivity index (χ3n) is 6.23. The third kappa shape index (κ3) is 5.40. The summed E-state index contributed by atoms with van der Waals surface area (Å²) in [6.45, 7) is 6.32. The lowest BCUT2D eigenvalue weighted by Gasteiger charge is -2.18. The van der Waals surface area contributed by atoms with Crippen molar-refractivity contribution >= 4 is 11.6 Å². The second kappa shape index (κ2) is 10.7. The molecule has 0 fully saturated rings. The maximum atomic E-state index is 13.6. The summed E-state index contributed by atoms with van der Waals surface area (Å²) in [6, 6.07) is 6.84. The summed E-state index contributed by atoms with van der Waals surface area (Å²) in [6.07, 6.45) is -1.16. The molecule has 1 amide bonds. The quantitative estimate of drug-likeness (QED) is 0.346. The first-order valence-corrected chi connectivity index (χ1v) is 11.9. The van der Waals surface area contributed by atoms with E-state index in [0.717, 1.165) is 29.0 Å². The van der Waals surface area contributed by atoms with Crippen molar-refractivity contribution in [1.29, 1.82) is 0 Å². The van der Waals surface area contributed by atoms with E-state index >= 15 is 0 Å². The summed E-state index contributed by atoms with van der Waals surface area (Å²) >= 11 is 0. The van der Waals surface area contributed by atoms with Gasteiger partial charge < -0.3 is 15.4 Å². The van der Waals surface area contributed by atoms with Gasteiger partial charge in [0.15, 0.2) is 0 Å². The average molecular weight is 528 g/mol. The van der Waals surface area contributed by atoms with Crippen LogP contribution in [0.1, 0.15) is 39.7 Å². The molecule has 0 aliphatic carbocycles. The molecule has 0 atom stereocenters. The fraction of sp³-hybridized carbons (Fsp3) is 0.308. The van der Waals surface area contributed by atoms with Crippen molar-refractivity contribution in [3.8, 4) is 22.7 Å². The van der Waals surface area contributed by atoms with Crippen LogP contribution in [0.5, 0.6) is 5.75 Å². The molecule has 0 saturated heterocycles. The number of carbonyl (C=O) groups excluding carboxylic acids is 1. The van der Waals surface area contributed by atoms with Gasteiger partial charge in [-0.05, 0) is 50.2 Å². The molecule has 2 N–H and O–H groups in total. The Bertz CT molecular complexity index is 1470. The molecule has 38 heavy (non-hydrogen) atoms. The van der Waals surface area contributed by atoms with E-state index < -0.39 is 17.6 Å². The highest BCUT2D eigenvalue weighted by atomic mass is 19.4. The SMILES string of the molecule is CCNCc1cc(C(F)(F)F)cc(NC(=O)c2ccc(C)c(-n3cc(-c4cnn(C)c4C)nn3)c2)c1OC. The molecule has 2 aromatic carbocycles. The lowest BCUT2D eigenvalue weighted by atomic mass is 10.1. The highest BCUT2D eigenvalue weighted by Crippen LogP contribution is 2.38.